The maximum Gasteiger partial charge on any atom is 0.315 e. The zero-order chi connectivity index (χ0) is 16.7. The summed E-state index contributed by atoms with van der Waals surface area (Å²) in [5.74, 6) is 0.718. The second-order valence-electron chi connectivity index (χ2n) is 5.71. The average Bonchev–Trinajstić information content (AvgIpc) is 2.92. The highest BCUT2D eigenvalue weighted by Crippen LogP contribution is 2.25. The van der Waals surface area contributed by atoms with Crippen LogP contribution in [0.2, 0.25) is 0 Å². The zero-order valence-corrected chi connectivity index (χ0v) is 13.8. The van der Waals surface area contributed by atoms with Gasteiger partial charge in [-0.15, -0.1) is 0 Å². The van der Waals surface area contributed by atoms with Gasteiger partial charge < -0.3 is 20.3 Å². The Labute approximate surface area is 137 Å². The standard InChI is InChI=1S/C17H25N3O3/c1-3-4-5-9-18-17(22)19-13-10-16(21)20(12-13)14-7-6-8-15(11-14)23-2/h6-8,11,13H,3-5,9-10,12H2,1-2H3,(H2,18,19,22)/t13-/m0/s1. The lowest BCUT2D eigenvalue weighted by molar-refractivity contribution is -0.117. The van der Waals surface area contributed by atoms with Gasteiger partial charge in [0.2, 0.25) is 5.91 Å². The normalized spacial score (nSPS) is 17.2. The fourth-order valence-corrected chi connectivity index (χ4v) is 2.65. The van der Waals surface area contributed by atoms with Gasteiger partial charge in [-0.25, -0.2) is 4.79 Å². The number of amides is 3. The molecule has 0 unspecified atom stereocenters. The average molecular weight is 319 g/mol. The second kappa shape index (κ2) is 8.41. The van der Waals surface area contributed by atoms with E-state index >= 15 is 0 Å². The minimum atomic E-state index is -0.202. The molecule has 3 amide bonds. The molecule has 1 saturated heterocycles. The Morgan fingerprint density at radius 2 is 2.22 bits per heavy atom. The Balaban J connectivity index is 1.85. The molecule has 0 spiro atoms. The number of carbonyl (C=O) groups is 2. The summed E-state index contributed by atoms with van der Waals surface area (Å²) in [6.45, 7) is 3.27. The van der Waals surface area contributed by atoms with E-state index < -0.39 is 0 Å². The number of rotatable bonds is 7. The first-order valence-corrected chi connectivity index (χ1v) is 8.12. The molecule has 1 fully saturated rings. The summed E-state index contributed by atoms with van der Waals surface area (Å²) < 4.78 is 5.19. The van der Waals surface area contributed by atoms with Gasteiger partial charge in [-0.1, -0.05) is 25.8 Å². The van der Waals surface area contributed by atoms with Crippen LogP contribution in [0.5, 0.6) is 5.75 Å². The maximum atomic E-state index is 12.2. The van der Waals surface area contributed by atoms with E-state index in [0.29, 0.717) is 25.3 Å². The number of urea groups is 1. The lowest BCUT2D eigenvalue weighted by atomic mass is 10.2. The maximum absolute atomic E-state index is 12.2. The highest BCUT2D eigenvalue weighted by molar-refractivity contribution is 5.97. The number of unbranched alkanes of at least 4 members (excludes halogenated alkanes) is 2. The third-order valence-corrected chi connectivity index (χ3v) is 3.89. The first-order chi connectivity index (χ1) is 11.1. The number of hydrogen-bond donors (Lipinski definition) is 2. The van der Waals surface area contributed by atoms with Gasteiger partial charge in [-0.3, -0.25) is 4.79 Å². The van der Waals surface area contributed by atoms with E-state index in [1.807, 2.05) is 24.3 Å². The van der Waals surface area contributed by atoms with Crippen LogP contribution < -0.4 is 20.3 Å². The summed E-state index contributed by atoms with van der Waals surface area (Å²) in [7, 11) is 1.60. The van der Waals surface area contributed by atoms with Crippen molar-refractivity contribution in [2.24, 2.45) is 0 Å². The van der Waals surface area contributed by atoms with E-state index in [-0.39, 0.29) is 18.0 Å². The summed E-state index contributed by atoms with van der Waals surface area (Å²) in [5, 5.41) is 5.70. The first kappa shape index (κ1) is 17.1. The van der Waals surface area contributed by atoms with Crippen molar-refractivity contribution in [2.45, 2.75) is 38.6 Å². The molecule has 2 rings (SSSR count). The highest BCUT2D eigenvalue weighted by Gasteiger charge is 2.31. The van der Waals surface area contributed by atoms with Gasteiger partial charge in [0.15, 0.2) is 0 Å². The fourth-order valence-electron chi connectivity index (χ4n) is 2.65. The van der Waals surface area contributed by atoms with Crippen molar-refractivity contribution in [1.29, 1.82) is 0 Å². The quantitative estimate of drug-likeness (QED) is 0.758. The molecule has 0 aromatic heterocycles. The van der Waals surface area contributed by atoms with Gasteiger partial charge in [0.25, 0.3) is 0 Å². The van der Waals surface area contributed by atoms with E-state index in [9.17, 15) is 9.59 Å². The molecule has 1 aliphatic heterocycles. The number of nitrogens with one attached hydrogen (secondary N) is 2. The Hall–Kier alpha value is -2.24. The Morgan fingerprint density at radius 3 is 2.96 bits per heavy atom. The van der Waals surface area contributed by atoms with Gasteiger partial charge in [0.05, 0.1) is 13.2 Å². The first-order valence-electron chi connectivity index (χ1n) is 8.12. The molecule has 0 aliphatic carbocycles. The number of ether oxygens (including phenoxy) is 1. The number of benzene rings is 1. The Kier molecular flexibility index (Phi) is 6.26. The van der Waals surface area contributed by atoms with Crippen LogP contribution in [-0.4, -0.2) is 38.2 Å². The molecule has 126 valence electrons. The molecule has 6 nitrogen and oxygen atoms in total. The lowest BCUT2D eigenvalue weighted by Gasteiger charge is -2.18. The number of nitrogens with zero attached hydrogens (tertiary/aromatic N) is 1. The molecule has 23 heavy (non-hydrogen) atoms. The second-order valence-corrected chi connectivity index (χ2v) is 5.71. The number of carbonyl (C=O) groups excluding carboxylic acids is 2. The number of hydrogen-bond acceptors (Lipinski definition) is 3. The minimum Gasteiger partial charge on any atom is -0.497 e. The number of methoxy groups -OCH3 is 1. The van der Waals surface area contributed by atoms with E-state index in [4.69, 9.17) is 4.74 Å². The van der Waals surface area contributed by atoms with Gasteiger partial charge in [-0.05, 0) is 18.6 Å². The van der Waals surface area contributed by atoms with Crippen molar-refractivity contribution in [2.75, 3.05) is 25.1 Å². The minimum absolute atomic E-state index is 0.00883. The zero-order valence-electron chi connectivity index (χ0n) is 13.8. The van der Waals surface area contributed by atoms with Crippen molar-refractivity contribution in [3.8, 4) is 5.75 Å². The largest absolute Gasteiger partial charge is 0.497 e. The van der Waals surface area contributed by atoms with Crippen molar-refractivity contribution < 1.29 is 14.3 Å². The summed E-state index contributed by atoms with van der Waals surface area (Å²) >= 11 is 0. The third-order valence-electron chi connectivity index (χ3n) is 3.89. The van der Waals surface area contributed by atoms with Crippen LogP contribution in [0.1, 0.15) is 32.6 Å². The molecule has 1 aliphatic rings. The van der Waals surface area contributed by atoms with Crippen LogP contribution >= 0.6 is 0 Å². The molecule has 2 N–H and O–H groups in total. The van der Waals surface area contributed by atoms with Gasteiger partial charge in [0, 0.05) is 31.3 Å². The topological polar surface area (TPSA) is 70.7 Å². The predicted octanol–water partition coefficient (Wildman–Crippen LogP) is 2.29. The van der Waals surface area contributed by atoms with E-state index in [2.05, 4.69) is 17.6 Å². The van der Waals surface area contributed by atoms with Crippen molar-refractivity contribution in [3.05, 3.63) is 24.3 Å². The van der Waals surface area contributed by atoms with Crippen molar-refractivity contribution in [3.63, 3.8) is 0 Å². The van der Waals surface area contributed by atoms with Crippen LogP contribution in [0.3, 0.4) is 0 Å². The van der Waals surface area contributed by atoms with E-state index in [0.717, 1.165) is 24.9 Å². The molecule has 1 heterocycles. The lowest BCUT2D eigenvalue weighted by Crippen LogP contribution is -2.43. The SMILES string of the molecule is CCCCCNC(=O)N[C@H]1CC(=O)N(c2cccc(OC)c2)C1. The van der Waals surface area contributed by atoms with E-state index in [1.165, 1.54) is 0 Å². The molecule has 6 heteroatoms. The summed E-state index contributed by atoms with van der Waals surface area (Å²) in [6, 6.07) is 7.01. The molecular weight excluding hydrogens is 294 g/mol. The van der Waals surface area contributed by atoms with Crippen LogP contribution in [0.15, 0.2) is 24.3 Å². The smallest absolute Gasteiger partial charge is 0.315 e. The molecule has 1 atom stereocenters. The molecule has 0 radical (unpaired) electrons. The van der Waals surface area contributed by atoms with Gasteiger partial charge in [0.1, 0.15) is 5.75 Å². The molecule has 1 aromatic rings. The van der Waals surface area contributed by atoms with Crippen molar-refractivity contribution in [1.82, 2.24) is 10.6 Å². The highest BCUT2D eigenvalue weighted by atomic mass is 16.5. The summed E-state index contributed by atoms with van der Waals surface area (Å²) in [4.78, 5) is 25.7. The molecule has 1 aromatic carbocycles. The van der Waals surface area contributed by atoms with Crippen molar-refractivity contribution >= 4 is 17.6 Å². The monoisotopic (exact) mass is 319 g/mol. The molecule has 0 bridgehead atoms. The van der Waals surface area contributed by atoms with Crippen LogP contribution in [0.4, 0.5) is 10.5 Å². The predicted molar refractivity (Wildman–Crippen MR) is 89.8 cm³/mol. The van der Waals surface area contributed by atoms with Gasteiger partial charge >= 0.3 is 6.03 Å². The van der Waals surface area contributed by atoms with E-state index in [1.54, 1.807) is 12.0 Å². The summed E-state index contributed by atoms with van der Waals surface area (Å²) in [6.07, 6.45) is 3.52. The molecular formula is C17H25N3O3. The summed E-state index contributed by atoms with van der Waals surface area (Å²) in [5.41, 5.74) is 0.794. The van der Waals surface area contributed by atoms with Crippen LogP contribution in [0, 0.1) is 0 Å². The van der Waals surface area contributed by atoms with Gasteiger partial charge in [-0.2, -0.15) is 0 Å². The number of anilines is 1. The Bertz CT molecular complexity index is 548. The fraction of sp³-hybridized carbons (Fsp3) is 0.529. The molecule has 0 saturated carbocycles. The Morgan fingerprint density at radius 1 is 1.39 bits per heavy atom. The third kappa shape index (κ3) is 4.87. The van der Waals surface area contributed by atoms with Crippen LogP contribution in [-0.2, 0) is 4.79 Å². The van der Waals surface area contributed by atoms with Crippen LogP contribution in [0.25, 0.3) is 0 Å².